The van der Waals surface area contributed by atoms with Crippen LogP contribution in [0.15, 0.2) is 5.11 Å². The molecule has 5 atom stereocenters. The fraction of sp³-hybridized carbons (Fsp3) is 0.800. The fourth-order valence-corrected chi connectivity index (χ4v) is 2.20. The molecule has 0 aliphatic carbocycles. The molecule has 0 aromatic carbocycles. The molecule has 19 heavy (non-hydrogen) atoms. The van der Waals surface area contributed by atoms with E-state index in [9.17, 15) is 9.59 Å². The first-order valence-corrected chi connectivity index (χ1v) is 5.68. The van der Waals surface area contributed by atoms with E-state index in [1.54, 1.807) is 0 Å². The van der Waals surface area contributed by atoms with Gasteiger partial charge in [-0.2, -0.15) is 0 Å². The molecule has 0 aromatic rings. The van der Waals surface area contributed by atoms with Gasteiger partial charge in [0.15, 0.2) is 18.5 Å². The molecular weight excluding hydrogens is 258 g/mol. The number of fused-ring (bicyclic) bond motifs is 2. The van der Waals surface area contributed by atoms with E-state index in [0.717, 1.165) is 0 Å². The molecule has 9 heteroatoms. The van der Waals surface area contributed by atoms with Crippen molar-refractivity contribution in [3.8, 4) is 0 Å². The lowest BCUT2D eigenvalue weighted by atomic mass is 9.98. The van der Waals surface area contributed by atoms with Crippen molar-refractivity contribution in [3.05, 3.63) is 10.4 Å². The van der Waals surface area contributed by atoms with Gasteiger partial charge in [0.2, 0.25) is 0 Å². The van der Waals surface area contributed by atoms with Gasteiger partial charge >= 0.3 is 11.9 Å². The zero-order valence-corrected chi connectivity index (χ0v) is 10.4. The van der Waals surface area contributed by atoms with Gasteiger partial charge in [0.25, 0.3) is 0 Å². The molecule has 0 radical (unpaired) electrons. The van der Waals surface area contributed by atoms with E-state index >= 15 is 0 Å². The molecule has 2 bridgehead atoms. The molecule has 2 aliphatic heterocycles. The van der Waals surface area contributed by atoms with Crippen LogP contribution in [0.25, 0.3) is 10.4 Å². The van der Waals surface area contributed by atoms with Gasteiger partial charge in [-0.3, -0.25) is 9.59 Å². The van der Waals surface area contributed by atoms with Crippen LogP contribution in [0.3, 0.4) is 0 Å². The van der Waals surface area contributed by atoms with Crippen molar-refractivity contribution in [1.82, 2.24) is 0 Å². The quantitative estimate of drug-likeness (QED) is 0.315. The maximum Gasteiger partial charge on any atom is 0.303 e. The summed E-state index contributed by atoms with van der Waals surface area (Å²) in [5, 5.41) is 3.56. The van der Waals surface area contributed by atoms with Gasteiger partial charge < -0.3 is 18.9 Å². The normalized spacial score (nSPS) is 36.2. The summed E-state index contributed by atoms with van der Waals surface area (Å²) in [7, 11) is 0. The number of azide groups is 1. The van der Waals surface area contributed by atoms with Gasteiger partial charge in [-0.05, 0) is 5.53 Å². The Morgan fingerprint density at radius 2 is 1.89 bits per heavy atom. The largest absolute Gasteiger partial charge is 0.458 e. The molecule has 0 aromatic heterocycles. The van der Waals surface area contributed by atoms with E-state index in [-0.39, 0.29) is 6.61 Å². The van der Waals surface area contributed by atoms with E-state index in [2.05, 4.69) is 10.0 Å². The summed E-state index contributed by atoms with van der Waals surface area (Å²) in [5.41, 5.74) is 8.58. The Labute approximate surface area is 108 Å². The van der Waals surface area contributed by atoms with Crippen LogP contribution in [0.2, 0.25) is 0 Å². The minimum absolute atomic E-state index is 0.184. The van der Waals surface area contributed by atoms with Crippen LogP contribution in [0, 0.1) is 0 Å². The Morgan fingerprint density at radius 1 is 1.26 bits per heavy atom. The first-order chi connectivity index (χ1) is 9.02. The molecule has 9 nitrogen and oxygen atoms in total. The van der Waals surface area contributed by atoms with Crippen LogP contribution < -0.4 is 0 Å². The second-order valence-corrected chi connectivity index (χ2v) is 4.22. The summed E-state index contributed by atoms with van der Waals surface area (Å²) >= 11 is 0. The van der Waals surface area contributed by atoms with Crippen LogP contribution in [0.4, 0.5) is 0 Å². The van der Waals surface area contributed by atoms with Crippen LogP contribution in [0.5, 0.6) is 0 Å². The maximum absolute atomic E-state index is 11.1. The van der Waals surface area contributed by atoms with Gasteiger partial charge in [0, 0.05) is 18.8 Å². The van der Waals surface area contributed by atoms with Crippen molar-refractivity contribution < 1.29 is 28.5 Å². The summed E-state index contributed by atoms with van der Waals surface area (Å²) in [4.78, 5) is 25.0. The highest BCUT2D eigenvalue weighted by atomic mass is 16.8. The minimum Gasteiger partial charge on any atom is -0.458 e. The zero-order valence-electron chi connectivity index (χ0n) is 10.4. The van der Waals surface area contributed by atoms with E-state index < -0.39 is 42.6 Å². The first kappa shape index (κ1) is 13.6. The van der Waals surface area contributed by atoms with E-state index in [1.165, 1.54) is 13.8 Å². The van der Waals surface area contributed by atoms with Crippen molar-refractivity contribution in [2.24, 2.45) is 5.11 Å². The standard InChI is InChI=1S/C10H13N3O6/c1-4(14)17-8-7(12-13-11)6-3-16-10(19-6)9(8)18-5(2)15/h6-10H,3H2,1-2H3/t6?,7-,8?,9?,10-/m1/s1. The lowest BCUT2D eigenvalue weighted by Gasteiger charge is -2.37. The lowest BCUT2D eigenvalue weighted by molar-refractivity contribution is -0.224. The Kier molecular flexibility index (Phi) is 3.89. The highest BCUT2D eigenvalue weighted by molar-refractivity contribution is 5.67. The number of carbonyl (C=O) groups is 2. The SMILES string of the molecule is CC(=O)OC1C(OC(C)=O)[C@H](N=[N+]=[N-])C2CO[C@@H]1O2. The number of hydrogen-bond acceptors (Lipinski definition) is 7. The molecule has 2 saturated heterocycles. The monoisotopic (exact) mass is 271 g/mol. The highest BCUT2D eigenvalue weighted by Crippen LogP contribution is 2.33. The number of carbonyl (C=O) groups excluding carboxylic acids is 2. The van der Waals surface area contributed by atoms with E-state index in [0.29, 0.717) is 0 Å². The molecule has 3 unspecified atom stereocenters. The average Bonchev–Trinajstić information content (AvgIpc) is 2.74. The third-order valence-electron chi connectivity index (χ3n) is 2.83. The predicted octanol–water partition coefficient (Wildman–Crippen LogP) is 0.284. The molecule has 0 saturated carbocycles. The number of hydrogen-bond donors (Lipinski definition) is 0. The summed E-state index contributed by atoms with van der Waals surface area (Å²) in [5.74, 6) is -1.14. The van der Waals surface area contributed by atoms with Crippen molar-refractivity contribution in [3.63, 3.8) is 0 Å². The van der Waals surface area contributed by atoms with Crippen LogP contribution in [-0.2, 0) is 28.5 Å². The molecular formula is C10H13N3O6. The molecule has 2 heterocycles. The average molecular weight is 271 g/mol. The Hall–Kier alpha value is -1.83. The van der Waals surface area contributed by atoms with Crippen molar-refractivity contribution in [2.45, 2.75) is 44.5 Å². The van der Waals surface area contributed by atoms with Gasteiger partial charge in [-0.1, -0.05) is 5.11 Å². The van der Waals surface area contributed by atoms with Crippen molar-refractivity contribution in [2.75, 3.05) is 6.61 Å². The summed E-state index contributed by atoms with van der Waals surface area (Å²) < 4.78 is 20.9. The van der Waals surface area contributed by atoms with E-state index in [4.69, 9.17) is 24.5 Å². The van der Waals surface area contributed by atoms with Gasteiger partial charge in [-0.15, -0.1) is 0 Å². The molecule has 0 spiro atoms. The number of ether oxygens (including phenoxy) is 4. The Balaban J connectivity index is 2.28. The van der Waals surface area contributed by atoms with Crippen LogP contribution in [0.1, 0.15) is 13.8 Å². The molecule has 0 amide bonds. The third kappa shape index (κ3) is 2.78. The smallest absolute Gasteiger partial charge is 0.303 e. The molecule has 0 N–H and O–H groups in total. The Bertz CT molecular complexity index is 435. The van der Waals surface area contributed by atoms with Crippen molar-refractivity contribution in [1.29, 1.82) is 0 Å². The molecule has 2 fully saturated rings. The summed E-state index contributed by atoms with van der Waals surface area (Å²) in [6, 6.07) is -0.794. The second kappa shape index (κ2) is 5.43. The molecule has 2 rings (SSSR count). The zero-order chi connectivity index (χ0) is 14.0. The van der Waals surface area contributed by atoms with Crippen LogP contribution >= 0.6 is 0 Å². The van der Waals surface area contributed by atoms with Gasteiger partial charge in [0.05, 0.1) is 12.7 Å². The van der Waals surface area contributed by atoms with Crippen molar-refractivity contribution >= 4 is 11.9 Å². The first-order valence-electron chi connectivity index (χ1n) is 5.68. The van der Waals surface area contributed by atoms with E-state index in [1.807, 2.05) is 0 Å². The maximum atomic E-state index is 11.1. The number of esters is 2. The lowest BCUT2D eigenvalue weighted by Crippen LogP contribution is -2.56. The summed E-state index contributed by atoms with van der Waals surface area (Å²) in [6.45, 7) is 2.62. The van der Waals surface area contributed by atoms with Gasteiger partial charge in [0.1, 0.15) is 6.04 Å². The molecule has 2 aliphatic rings. The second-order valence-electron chi connectivity index (χ2n) is 4.22. The molecule has 104 valence electrons. The number of nitrogens with zero attached hydrogens (tertiary/aromatic N) is 3. The Morgan fingerprint density at radius 3 is 2.47 bits per heavy atom. The van der Waals surface area contributed by atoms with Gasteiger partial charge in [-0.25, -0.2) is 0 Å². The topological polar surface area (TPSA) is 120 Å². The predicted molar refractivity (Wildman–Crippen MR) is 58.7 cm³/mol. The van der Waals surface area contributed by atoms with Crippen LogP contribution in [-0.4, -0.2) is 49.2 Å². The minimum atomic E-state index is -0.948. The number of rotatable bonds is 3. The fourth-order valence-electron chi connectivity index (χ4n) is 2.20. The highest BCUT2D eigenvalue weighted by Gasteiger charge is 2.53. The summed E-state index contributed by atoms with van der Waals surface area (Å²) in [6.07, 6.45) is -3.19. The third-order valence-corrected chi connectivity index (χ3v) is 2.83.